The van der Waals surface area contributed by atoms with E-state index in [1.54, 1.807) is 0 Å². The van der Waals surface area contributed by atoms with Crippen LogP contribution >= 0.6 is 0 Å². The molecule has 0 aromatic rings. The van der Waals surface area contributed by atoms with Crippen LogP contribution in [0.3, 0.4) is 0 Å². The Hall–Kier alpha value is -0.610. The minimum Gasteiger partial charge on any atom is -0.469 e. The first-order valence-electron chi connectivity index (χ1n) is 6.70. The van der Waals surface area contributed by atoms with Crippen LogP contribution in [-0.2, 0) is 9.53 Å². The summed E-state index contributed by atoms with van der Waals surface area (Å²) in [5.41, 5.74) is 0. The highest BCUT2D eigenvalue weighted by atomic mass is 16.5. The van der Waals surface area contributed by atoms with Gasteiger partial charge in [-0.25, -0.2) is 0 Å². The van der Waals surface area contributed by atoms with Crippen molar-refractivity contribution in [1.29, 1.82) is 0 Å². The minimum atomic E-state index is -0.0345. The summed E-state index contributed by atoms with van der Waals surface area (Å²) in [6.45, 7) is 2.99. The molecule has 2 aliphatic rings. The molecule has 1 heterocycles. The van der Waals surface area contributed by atoms with Crippen molar-refractivity contribution in [2.45, 2.75) is 31.7 Å². The van der Waals surface area contributed by atoms with Gasteiger partial charge in [0.15, 0.2) is 0 Å². The molecule has 0 aromatic heterocycles. The molecule has 2 rings (SSSR count). The maximum Gasteiger partial charge on any atom is 0.310 e. The maximum absolute atomic E-state index is 11.8. The summed E-state index contributed by atoms with van der Waals surface area (Å²) in [6, 6.07) is 0.661. The SMILES string of the molecule is COC(=O)C(CNC1CC1)C1CCN(C)CC1. The van der Waals surface area contributed by atoms with E-state index >= 15 is 0 Å². The van der Waals surface area contributed by atoms with Gasteiger partial charge in [0.1, 0.15) is 0 Å². The number of nitrogens with zero attached hydrogens (tertiary/aromatic N) is 1. The van der Waals surface area contributed by atoms with Crippen LogP contribution in [0.1, 0.15) is 25.7 Å². The number of carbonyl (C=O) groups is 1. The van der Waals surface area contributed by atoms with E-state index in [0.717, 1.165) is 32.5 Å². The van der Waals surface area contributed by atoms with Crippen LogP contribution in [0.15, 0.2) is 0 Å². The highest BCUT2D eigenvalue weighted by Crippen LogP contribution is 2.26. The number of likely N-dealkylation sites (tertiary alicyclic amines) is 1. The highest BCUT2D eigenvalue weighted by molar-refractivity contribution is 5.73. The van der Waals surface area contributed by atoms with Crippen LogP contribution in [0.4, 0.5) is 0 Å². The summed E-state index contributed by atoms with van der Waals surface area (Å²) in [5.74, 6) is 0.506. The van der Waals surface area contributed by atoms with E-state index in [1.165, 1.54) is 20.0 Å². The zero-order chi connectivity index (χ0) is 12.3. The van der Waals surface area contributed by atoms with Gasteiger partial charge >= 0.3 is 5.97 Å². The number of methoxy groups -OCH3 is 1. The number of rotatable bonds is 5. The molecule has 1 aliphatic heterocycles. The summed E-state index contributed by atoms with van der Waals surface area (Å²) in [4.78, 5) is 14.2. The second-order valence-corrected chi connectivity index (χ2v) is 5.45. The van der Waals surface area contributed by atoms with Crippen LogP contribution in [0.25, 0.3) is 0 Å². The molecule has 4 nitrogen and oxygen atoms in total. The van der Waals surface area contributed by atoms with E-state index in [9.17, 15) is 4.79 Å². The fourth-order valence-corrected chi connectivity index (χ4v) is 2.61. The lowest BCUT2D eigenvalue weighted by Gasteiger charge is -2.33. The highest BCUT2D eigenvalue weighted by Gasteiger charge is 2.32. The summed E-state index contributed by atoms with van der Waals surface area (Å²) in [6.07, 6.45) is 4.76. The third-order valence-corrected chi connectivity index (χ3v) is 4.04. The average Bonchev–Trinajstić information content (AvgIpc) is 3.15. The van der Waals surface area contributed by atoms with Gasteiger partial charge in [-0.15, -0.1) is 0 Å². The molecule has 0 aromatic carbocycles. The van der Waals surface area contributed by atoms with E-state index in [0.29, 0.717) is 12.0 Å². The third kappa shape index (κ3) is 3.68. The Morgan fingerprint density at radius 2 is 2.00 bits per heavy atom. The Kier molecular flexibility index (Phi) is 4.40. The predicted octanol–water partition coefficient (Wildman–Crippen LogP) is 0.869. The van der Waals surface area contributed by atoms with Crippen LogP contribution in [0.5, 0.6) is 0 Å². The van der Waals surface area contributed by atoms with Crippen molar-refractivity contribution >= 4 is 5.97 Å². The van der Waals surface area contributed by atoms with Gasteiger partial charge in [-0.05, 0) is 51.7 Å². The molecule has 1 saturated carbocycles. The molecule has 4 heteroatoms. The molecule has 1 atom stereocenters. The van der Waals surface area contributed by atoms with E-state index in [4.69, 9.17) is 4.74 Å². The number of nitrogens with one attached hydrogen (secondary N) is 1. The van der Waals surface area contributed by atoms with Gasteiger partial charge in [0, 0.05) is 12.6 Å². The Labute approximate surface area is 104 Å². The maximum atomic E-state index is 11.8. The molecular weight excluding hydrogens is 216 g/mol. The topological polar surface area (TPSA) is 41.6 Å². The van der Waals surface area contributed by atoms with E-state index < -0.39 is 0 Å². The van der Waals surface area contributed by atoms with Crippen molar-refractivity contribution in [2.24, 2.45) is 11.8 Å². The first-order chi connectivity index (χ1) is 8.20. The minimum absolute atomic E-state index is 0.0345. The fraction of sp³-hybridized carbons (Fsp3) is 0.923. The second-order valence-electron chi connectivity index (χ2n) is 5.45. The Balaban J connectivity index is 1.86. The molecule has 1 unspecified atom stereocenters. The molecule has 1 N–H and O–H groups in total. The number of piperidine rings is 1. The molecule has 1 aliphatic carbocycles. The zero-order valence-corrected chi connectivity index (χ0v) is 10.9. The van der Waals surface area contributed by atoms with Gasteiger partial charge < -0.3 is 15.0 Å². The number of hydrogen-bond acceptors (Lipinski definition) is 4. The first kappa shape index (κ1) is 12.8. The molecule has 17 heavy (non-hydrogen) atoms. The Morgan fingerprint density at radius 3 is 2.53 bits per heavy atom. The van der Waals surface area contributed by atoms with Crippen molar-refractivity contribution in [3.63, 3.8) is 0 Å². The van der Waals surface area contributed by atoms with Crippen LogP contribution in [0, 0.1) is 11.8 Å². The molecule has 98 valence electrons. The lowest BCUT2D eigenvalue weighted by atomic mass is 9.84. The van der Waals surface area contributed by atoms with Crippen LogP contribution < -0.4 is 5.32 Å². The molecular formula is C13H24N2O2. The van der Waals surface area contributed by atoms with Crippen molar-refractivity contribution in [2.75, 3.05) is 33.8 Å². The van der Waals surface area contributed by atoms with Crippen molar-refractivity contribution < 1.29 is 9.53 Å². The molecule has 0 amide bonds. The smallest absolute Gasteiger partial charge is 0.310 e. The van der Waals surface area contributed by atoms with Gasteiger partial charge in [0.05, 0.1) is 13.0 Å². The average molecular weight is 240 g/mol. The molecule has 0 spiro atoms. The monoisotopic (exact) mass is 240 g/mol. The lowest BCUT2D eigenvalue weighted by molar-refractivity contribution is -0.147. The lowest BCUT2D eigenvalue weighted by Crippen LogP contribution is -2.41. The van der Waals surface area contributed by atoms with Crippen LogP contribution in [-0.4, -0.2) is 50.7 Å². The quantitative estimate of drug-likeness (QED) is 0.724. The van der Waals surface area contributed by atoms with E-state index in [2.05, 4.69) is 17.3 Å². The molecule has 1 saturated heterocycles. The zero-order valence-electron chi connectivity index (χ0n) is 10.9. The normalized spacial score (nSPS) is 24.6. The third-order valence-electron chi connectivity index (χ3n) is 4.04. The van der Waals surface area contributed by atoms with Crippen LogP contribution in [0.2, 0.25) is 0 Å². The second kappa shape index (κ2) is 5.83. The summed E-state index contributed by atoms with van der Waals surface area (Å²) >= 11 is 0. The van der Waals surface area contributed by atoms with E-state index in [1.807, 2.05) is 0 Å². The number of esters is 1. The fourth-order valence-electron chi connectivity index (χ4n) is 2.61. The molecule has 2 fully saturated rings. The van der Waals surface area contributed by atoms with Gasteiger partial charge in [-0.3, -0.25) is 4.79 Å². The van der Waals surface area contributed by atoms with Crippen molar-refractivity contribution in [1.82, 2.24) is 10.2 Å². The number of hydrogen-bond donors (Lipinski definition) is 1. The van der Waals surface area contributed by atoms with Gasteiger partial charge in [-0.1, -0.05) is 0 Å². The van der Waals surface area contributed by atoms with Crippen molar-refractivity contribution in [3.05, 3.63) is 0 Å². The number of carbonyl (C=O) groups excluding carboxylic acids is 1. The summed E-state index contributed by atoms with van der Waals surface area (Å²) in [7, 11) is 3.65. The van der Waals surface area contributed by atoms with Gasteiger partial charge in [0.25, 0.3) is 0 Å². The molecule has 0 radical (unpaired) electrons. The van der Waals surface area contributed by atoms with Gasteiger partial charge in [0.2, 0.25) is 0 Å². The van der Waals surface area contributed by atoms with Crippen molar-refractivity contribution in [3.8, 4) is 0 Å². The Morgan fingerprint density at radius 1 is 1.35 bits per heavy atom. The molecule has 0 bridgehead atoms. The predicted molar refractivity (Wildman–Crippen MR) is 66.8 cm³/mol. The largest absolute Gasteiger partial charge is 0.469 e. The van der Waals surface area contributed by atoms with Gasteiger partial charge in [-0.2, -0.15) is 0 Å². The standard InChI is InChI=1S/C13H24N2O2/c1-15-7-5-10(6-8-15)12(13(16)17-2)9-14-11-3-4-11/h10-12,14H,3-9H2,1-2H3. The summed E-state index contributed by atoms with van der Waals surface area (Å²) in [5, 5.41) is 3.47. The van der Waals surface area contributed by atoms with E-state index in [-0.39, 0.29) is 11.9 Å². The first-order valence-corrected chi connectivity index (χ1v) is 6.70. The summed E-state index contributed by atoms with van der Waals surface area (Å²) < 4.78 is 4.95. The number of ether oxygens (including phenoxy) is 1. The Bertz CT molecular complexity index is 258.